The Hall–Kier alpha value is -1.40. The highest BCUT2D eigenvalue weighted by molar-refractivity contribution is 5.56. The van der Waals surface area contributed by atoms with Crippen LogP contribution >= 0.6 is 0 Å². The molecule has 19 heavy (non-hydrogen) atoms. The molecule has 0 atom stereocenters. The van der Waals surface area contributed by atoms with Gasteiger partial charge in [0.15, 0.2) is 17.4 Å². The van der Waals surface area contributed by atoms with E-state index < -0.39 is 17.4 Å². The van der Waals surface area contributed by atoms with Crippen molar-refractivity contribution in [2.24, 2.45) is 0 Å². The molecule has 1 aromatic carbocycles. The number of anilines is 2. The number of hydrogen-bond donors (Lipinski definition) is 1. The van der Waals surface area contributed by atoms with Crippen molar-refractivity contribution in [1.29, 1.82) is 0 Å². The van der Waals surface area contributed by atoms with Gasteiger partial charge in [-0.25, -0.2) is 8.78 Å². The molecule has 0 saturated carbocycles. The third-order valence-electron chi connectivity index (χ3n) is 3.69. The lowest BCUT2D eigenvalue weighted by molar-refractivity contribution is -0.169. The van der Waals surface area contributed by atoms with Crippen molar-refractivity contribution >= 4 is 11.4 Å². The Kier molecular flexibility index (Phi) is 3.06. The Morgan fingerprint density at radius 1 is 1.05 bits per heavy atom. The van der Waals surface area contributed by atoms with E-state index in [0.29, 0.717) is 39.1 Å². The summed E-state index contributed by atoms with van der Waals surface area (Å²) in [5.74, 6) is -1.79. The number of halogens is 2. The summed E-state index contributed by atoms with van der Waals surface area (Å²) in [4.78, 5) is 1.68. The van der Waals surface area contributed by atoms with Crippen molar-refractivity contribution in [3.63, 3.8) is 0 Å². The molecule has 0 aromatic heterocycles. The Morgan fingerprint density at radius 2 is 1.58 bits per heavy atom. The largest absolute Gasteiger partial charge is 0.399 e. The lowest BCUT2D eigenvalue weighted by Crippen LogP contribution is -2.45. The van der Waals surface area contributed by atoms with Crippen molar-refractivity contribution in [2.75, 3.05) is 36.9 Å². The SMILES string of the molecule is Nc1cc(F)c(N2CCC3(CC2)OCCO3)c(F)c1. The van der Waals surface area contributed by atoms with Gasteiger partial charge in [0.2, 0.25) is 0 Å². The highest BCUT2D eigenvalue weighted by Crippen LogP contribution is 2.35. The molecule has 2 aliphatic rings. The molecule has 0 aliphatic carbocycles. The van der Waals surface area contributed by atoms with E-state index in [1.807, 2.05) is 0 Å². The lowest BCUT2D eigenvalue weighted by atomic mass is 10.0. The van der Waals surface area contributed by atoms with Crippen LogP contribution in [-0.2, 0) is 9.47 Å². The normalized spacial score (nSPS) is 22.1. The number of piperidine rings is 1. The molecule has 2 heterocycles. The molecule has 0 amide bonds. The summed E-state index contributed by atoms with van der Waals surface area (Å²) >= 11 is 0. The zero-order chi connectivity index (χ0) is 13.5. The Balaban J connectivity index is 1.78. The van der Waals surface area contributed by atoms with Crippen molar-refractivity contribution in [3.05, 3.63) is 23.8 Å². The second kappa shape index (κ2) is 4.61. The first-order chi connectivity index (χ1) is 9.10. The topological polar surface area (TPSA) is 47.7 Å². The van der Waals surface area contributed by atoms with E-state index in [9.17, 15) is 8.78 Å². The Morgan fingerprint density at radius 3 is 2.11 bits per heavy atom. The highest BCUT2D eigenvalue weighted by atomic mass is 19.1. The van der Waals surface area contributed by atoms with Crippen LogP contribution < -0.4 is 10.6 Å². The van der Waals surface area contributed by atoms with Gasteiger partial charge in [0.05, 0.1) is 13.2 Å². The maximum Gasteiger partial charge on any atom is 0.171 e. The van der Waals surface area contributed by atoms with Crippen LogP contribution in [0.2, 0.25) is 0 Å². The van der Waals surface area contributed by atoms with Crippen LogP contribution in [0.1, 0.15) is 12.8 Å². The summed E-state index contributed by atoms with van der Waals surface area (Å²) in [6.45, 7) is 2.17. The minimum atomic E-state index is -0.623. The molecule has 0 radical (unpaired) electrons. The molecule has 6 heteroatoms. The summed E-state index contributed by atoms with van der Waals surface area (Å²) in [6.07, 6.45) is 1.21. The predicted octanol–water partition coefficient (Wildman–Crippen LogP) is 1.89. The summed E-state index contributed by atoms with van der Waals surface area (Å²) in [5, 5.41) is 0. The molecule has 0 unspecified atom stereocenters. The lowest BCUT2D eigenvalue weighted by Gasteiger charge is -2.38. The van der Waals surface area contributed by atoms with E-state index in [4.69, 9.17) is 15.2 Å². The maximum atomic E-state index is 13.8. The van der Waals surface area contributed by atoms with Crippen LogP contribution in [0, 0.1) is 11.6 Å². The minimum Gasteiger partial charge on any atom is -0.399 e. The van der Waals surface area contributed by atoms with E-state index >= 15 is 0 Å². The number of benzene rings is 1. The minimum absolute atomic E-state index is 0.0120. The third-order valence-corrected chi connectivity index (χ3v) is 3.69. The molecule has 2 saturated heterocycles. The first-order valence-corrected chi connectivity index (χ1v) is 6.37. The average molecular weight is 270 g/mol. The van der Waals surface area contributed by atoms with E-state index in [2.05, 4.69) is 0 Å². The van der Waals surface area contributed by atoms with Crippen molar-refractivity contribution in [3.8, 4) is 0 Å². The van der Waals surface area contributed by atoms with Gasteiger partial charge in [-0.15, -0.1) is 0 Å². The van der Waals surface area contributed by atoms with Crippen molar-refractivity contribution in [2.45, 2.75) is 18.6 Å². The average Bonchev–Trinajstić information content (AvgIpc) is 2.79. The molecule has 2 fully saturated rings. The summed E-state index contributed by atoms with van der Waals surface area (Å²) in [6, 6.07) is 2.29. The maximum absolute atomic E-state index is 13.8. The predicted molar refractivity (Wildman–Crippen MR) is 66.9 cm³/mol. The van der Waals surface area contributed by atoms with Gasteiger partial charge in [-0.2, -0.15) is 0 Å². The number of nitrogens with two attached hydrogens (primary N) is 1. The van der Waals surface area contributed by atoms with Crippen LogP contribution in [0.4, 0.5) is 20.2 Å². The van der Waals surface area contributed by atoms with Crippen LogP contribution in [0.5, 0.6) is 0 Å². The standard InChI is InChI=1S/C13H16F2N2O2/c14-10-7-9(16)8-11(15)12(10)17-3-1-13(2-4-17)18-5-6-19-13/h7-8H,1-6,16H2. The molecule has 1 aromatic rings. The van der Waals surface area contributed by atoms with Gasteiger partial charge in [-0.1, -0.05) is 0 Å². The number of nitrogens with zero attached hydrogens (tertiary/aromatic N) is 1. The Labute approximate surface area is 110 Å². The number of rotatable bonds is 1. The fraction of sp³-hybridized carbons (Fsp3) is 0.538. The Bertz CT molecular complexity index is 457. The van der Waals surface area contributed by atoms with Crippen molar-refractivity contribution in [1.82, 2.24) is 0 Å². The first-order valence-electron chi connectivity index (χ1n) is 6.37. The molecular weight excluding hydrogens is 254 g/mol. The van der Waals surface area contributed by atoms with E-state index in [1.54, 1.807) is 4.90 Å². The van der Waals surface area contributed by atoms with Gasteiger partial charge >= 0.3 is 0 Å². The fourth-order valence-corrected chi connectivity index (χ4v) is 2.74. The summed E-state index contributed by atoms with van der Waals surface area (Å²) < 4.78 is 38.9. The van der Waals surface area contributed by atoms with Crippen LogP contribution in [0.15, 0.2) is 12.1 Å². The molecule has 3 rings (SSSR count). The molecule has 2 N–H and O–H groups in total. The zero-order valence-corrected chi connectivity index (χ0v) is 10.5. The smallest absolute Gasteiger partial charge is 0.171 e. The number of nitrogen functional groups attached to an aromatic ring is 1. The van der Waals surface area contributed by atoms with E-state index in [1.165, 1.54) is 0 Å². The van der Waals surface area contributed by atoms with Gasteiger partial charge in [0, 0.05) is 31.6 Å². The van der Waals surface area contributed by atoms with Gasteiger partial charge < -0.3 is 20.1 Å². The van der Waals surface area contributed by atoms with Crippen LogP contribution in [0.25, 0.3) is 0 Å². The quantitative estimate of drug-likeness (QED) is 0.792. The summed E-state index contributed by atoms with van der Waals surface area (Å²) in [5.41, 5.74) is 5.49. The van der Waals surface area contributed by atoms with Crippen LogP contribution in [0.3, 0.4) is 0 Å². The molecule has 104 valence electrons. The third kappa shape index (κ3) is 2.26. The van der Waals surface area contributed by atoms with Gasteiger partial charge in [-0.3, -0.25) is 0 Å². The van der Waals surface area contributed by atoms with Gasteiger partial charge in [0.25, 0.3) is 0 Å². The van der Waals surface area contributed by atoms with Crippen molar-refractivity contribution < 1.29 is 18.3 Å². The highest BCUT2D eigenvalue weighted by Gasteiger charge is 2.40. The van der Waals surface area contributed by atoms with Crippen LogP contribution in [-0.4, -0.2) is 32.1 Å². The second-order valence-electron chi connectivity index (χ2n) is 4.93. The first kappa shape index (κ1) is 12.6. The fourth-order valence-electron chi connectivity index (χ4n) is 2.74. The molecule has 4 nitrogen and oxygen atoms in total. The number of hydrogen-bond acceptors (Lipinski definition) is 4. The molecule has 2 aliphatic heterocycles. The monoisotopic (exact) mass is 270 g/mol. The van der Waals surface area contributed by atoms with Gasteiger partial charge in [0.1, 0.15) is 5.69 Å². The van der Waals surface area contributed by atoms with E-state index in [-0.39, 0.29) is 11.4 Å². The second-order valence-corrected chi connectivity index (χ2v) is 4.93. The number of ether oxygens (including phenoxy) is 2. The summed E-state index contributed by atoms with van der Waals surface area (Å²) in [7, 11) is 0. The molecular formula is C13H16F2N2O2. The van der Waals surface area contributed by atoms with Gasteiger partial charge in [-0.05, 0) is 12.1 Å². The molecule has 0 bridgehead atoms. The molecule has 1 spiro atoms. The van der Waals surface area contributed by atoms with E-state index in [0.717, 1.165) is 12.1 Å². The zero-order valence-electron chi connectivity index (χ0n) is 10.5.